The van der Waals surface area contributed by atoms with Gasteiger partial charge in [0.2, 0.25) is 0 Å². The minimum absolute atomic E-state index is 0.0939. The van der Waals surface area contributed by atoms with Crippen molar-refractivity contribution in [3.05, 3.63) is 69.5 Å². The number of carbonyl (C=O) groups is 1. The summed E-state index contributed by atoms with van der Waals surface area (Å²) >= 11 is 11.7. The van der Waals surface area contributed by atoms with E-state index in [1.807, 2.05) is 24.3 Å². The van der Waals surface area contributed by atoms with E-state index in [0.717, 1.165) is 30.0 Å². The average molecular weight is 367 g/mol. The Kier molecular flexibility index (Phi) is 5.39. The lowest BCUT2D eigenvalue weighted by molar-refractivity contribution is 0.0901. The number of amides is 1. The summed E-state index contributed by atoms with van der Waals surface area (Å²) in [6, 6.07) is 12.0. The van der Waals surface area contributed by atoms with Gasteiger partial charge in [-0.25, -0.2) is 4.39 Å². The Hall–Kier alpha value is -1.62. The van der Waals surface area contributed by atoms with Gasteiger partial charge in [0.05, 0.1) is 0 Å². The zero-order chi connectivity index (χ0) is 17.1. The van der Waals surface area contributed by atoms with Crippen LogP contribution in [0.25, 0.3) is 0 Å². The molecule has 0 spiro atoms. The molecule has 3 nitrogen and oxygen atoms in total. The smallest absolute Gasteiger partial charge is 0.251 e. The van der Waals surface area contributed by atoms with Crippen molar-refractivity contribution in [2.75, 3.05) is 0 Å². The maximum Gasteiger partial charge on any atom is 0.251 e. The third-order valence-electron chi connectivity index (χ3n) is 4.08. The topological polar surface area (TPSA) is 41.1 Å². The molecule has 0 aliphatic heterocycles. The second kappa shape index (κ2) is 7.51. The van der Waals surface area contributed by atoms with Gasteiger partial charge in [-0.15, -0.1) is 0 Å². The minimum Gasteiger partial charge on any atom is -0.349 e. The molecule has 3 rings (SSSR count). The molecule has 2 aromatic carbocycles. The van der Waals surface area contributed by atoms with Crippen LogP contribution in [0.2, 0.25) is 10.0 Å². The average Bonchev–Trinajstić information content (AvgIpc) is 2.48. The molecule has 1 saturated carbocycles. The van der Waals surface area contributed by atoms with Crippen LogP contribution in [0.4, 0.5) is 4.39 Å². The molecule has 0 unspecified atom stereocenters. The molecule has 2 N–H and O–H groups in total. The molecule has 126 valence electrons. The number of halogens is 3. The van der Waals surface area contributed by atoms with E-state index < -0.39 is 5.82 Å². The first-order valence-corrected chi connectivity index (χ1v) is 8.50. The lowest BCUT2D eigenvalue weighted by Gasteiger charge is -2.36. The van der Waals surface area contributed by atoms with Crippen LogP contribution < -0.4 is 10.6 Å². The molecule has 6 heteroatoms. The number of rotatable bonds is 5. The van der Waals surface area contributed by atoms with Crippen molar-refractivity contribution in [1.82, 2.24) is 10.6 Å². The zero-order valence-corrected chi connectivity index (χ0v) is 14.4. The van der Waals surface area contributed by atoms with Gasteiger partial charge in [0.25, 0.3) is 5.91 Å². The van der Waals surface area contributed by atoms with Crippen LogP contribution in [0, 0.1) is 5.82 Å². The van der Waals surface area contributed by atoms with Crippen LogP contribution in [-0.2, 0) is 6.54 Å². The number of hydrogen-bond donors (Lipinski definition) is 2. The number of nitrogens with one attached hydrogen (secondary N) is 2. The van der Waals surface area contributed by atoms with Gasteiger partial charge >= 0.3 is 0 Å². The number of carbonyl (C=O) groups excluding carboxylic acids is 1. The number of benzene rings is 2. The fourth-order valence-corrected chi connectivity index (χ4v) is 3.20. The predicted octanol–water partition coefficient (Wildman–Crippen LogP) is 4.18. The van der Waals surface area contributed by atoms with E-state index in [-0.39, 0.29) is 22.5 Å². The second-order valence-electron chi connectivity index (χ2n) is 6.01. The van der Waals surface area contributed by atoms with E-state index >= 15 is 0 Å². The van der Waals surface area contributed by atoms with E-state index in [1.54, 1.807) is 0 Å². The fourth-order valence-electron chi connectivity index (χ4n) is 2.77. The molecule has 2 aromatic rings. The van der Waals surface area contributed by atoms with E-state index in [2.05, 4.69) is 10.6 Å². The molecule has 0 saturated heterocycles. The monoisotopic (exact) mass is 366 g/mol. The van der Waals surface area contributed by atoms with Crippen molar-refractivity contribution in [2.45, 2.75) is 31.5 Å². The highest BCUT2D eigenvalue weighted by atomic mass is 35.5. The van der Waals surface area contributed by atoms with Crippen molar-refractivity contribution in [2.24, 2.45) is 0 Å². The standard InChI is InChI=1S/C18H17Cl2FN2O/c19-13-3-1-2-11(4-13)10-22-16-8-17(9-16)23-18(24)12-5-14(20)7-15(21)6-12/h1-7,16-17,22H,8-10H2,(H,23,24)/t16-,17-. The molecule has 24 heavy (non-hydrogen) atoms. The lowest BCUT2D eigenvalue weighted by Crippen LogP contribution is -2.52. The van der Waals surface area contributed by atoms with Gasteiger partial charge in [-0.1, -0.05) is 35.3 Å². The summed E-state index contributed by atoms with van der Waals surface area (Å²) in [6.07, 6.45) is 1.69. The Morgan fingerprint density at radius 3 is 2.58 bits per heavy atom. The zero-order valence-electron chi connectivity index (χ0n) is 12.9. The first kappa shape index (κ1) is 17.2. The van der Waals surface area contributed by atoms with Crippen LogP contribution in [0.1, 0.15) is 28.8 Å². The molecule has 0 radical (unpaired) electrons. The molecule has 1 aliphatic carbocycles. The van der Waals surface area contributed by atoms with Gasteiger partial charge in [0.1, 0.15) is 5.82 Å². The third kappa shape index (κ3) is 4.47. The van der Waals surface area contributed by atoms with Gasteiger partial charge in [0, 0.05) is 34.2 Å². The molecular weight excluding hydrogens is 350 g/mol. The summed E-state index contributed by atoms with van der Waals surface area (Å²) in [5.41, 5.74) is 1.37. The van der Waals surface area contributed by atoms with Crippen molar-refractivity contribution >= 4 is 29.1 Å². The summed E-state index contributed by atoms with van der Waals surface area (Å²) in [5, 5.41) is 7.27. The lowest BCUT2D eigenvalue weighted by atomic mass is 9.86. The fraction of sp³-hybridized carbons (Fsp3) is 0.278. The molecule has 0 atom stereocenters. The quantitative estimate of drug-likeness (QED) is 0.832. The van der Waals surface area contributed by atoms with Crippen LogP contribution in [0.15, 0.2) is 42.5 Å². The third-order valence-corrected chi connectivity index (χ3v) is 4.54. The Bertz CT molecular complexity index is 727. The van der Waals surface area contributed by atoms with Gasteiger partial charge in [-0.05, 0) is 48.7 Å². The summed E-state index contributed by atoms with van der Waals surface area (Å²) in [7, 11) is 0. The predicted molar refractivity (Wildman–Crippen MR) is 94.0 cm³/mol. The SMILES string of the molecule is O=C(N[C@H]1C[C@H](NCc2cccc(Cl)c2)C1)c1cc(F)cc(Cl)c1. The largest absolute Gasteiger partial charge is 0.349 e. The normalized spacial score (nSPS) is 19.6. The highest BCUT2D eigenvalue weighted by molar-refractivity contribution is 6.31. The molecule has 1 fully saturated rings. The highest BCUT2D eigenvalue weighted by Crippen LogP contribution is 2.22. The molecule has 0 aromatic heterocycles. The minimum atomic E-state index is -0.512. The first-order chi connectivity index (χ1) is 11.5. The molecule has 1 aliphatic rings. The van der Waals surface area contributed by atoms with Crippen LogP contribution in [0.5, 0.6) is 0 Å². The maximum absolute atomic E-state index is 13.3. The Labute approximate surface area is 150 Å². The van der Waals surface area contributed by atoms with Gasteiger partial charge in [-0.2, -0.15) is 0 Å². The van der Waals surface area contributed by atoms with E-state index in [4.69, 9.17) is 23.2 Å². The second-order valence-corrected chi connectivity index (χ2v) is 6.88. The van der Waals surface area contributed by atoms with E-state index in [9.17, 15) is 9.18 Å². The Morgan fingerprint density at radius 2 is 1.88 bits per heavy atom. The van der Waals surface area contributed by atoms with Crippen molar-refractivity contribution in [3.8, 4) is 0 Å². The Balaban J connectivity index is 1.44. The van der Waals surface area contributed by atoms with Crippen molar-refractivity contribution in [1.29, 1.82) is 0 Å². The van der Waals surface area contributed by atoms with Crippen LogP contribution in [-0.4, -0.2) is 18.0 Å². The Morgan fingerprint density at radius 1 is 1.08 bits per heavy atom. The molecule has 1 amide bonds. The summed E-state index contributed by atoms with van der Waals surface area (Å²) in [6.45, 7) is 0.741. The summed E-state index contributed by atoms with van der Waals surface area (Å²) in [5.74, 6) is -0.808. The van der Waals surface area contributed by atoms with E-state index in [1.165, 1.54) is 18.2 Å². The van der Waals surface area contributed by atoms with Gasteiger partial charge < -0.3 is 10.6 Å². The molecule has 0 heterocycles. The van der Waals surface area contributed by atoms with E-state index in [0.29, 0.717) is 6.04 Å². The summed E-state index contributed by atoms with van der Waals surface area (Å²) in [4.78, 5) is 12.1. The highest BCUT2D eigenvalue weighted by Gasteiger charge is 2.30. The van der Waals surface area contributed by atoms with Crippen molar-refractivity contribution in [3.63, 3.8) is 0 Å². The summed E-state index contributed by atoms with van der Waals surface area (Å²) < 4.78 is 13.3. The first-order valence-electron chi connectivity index (χ1n) is 7.74. The van der Waals surface area contributed by atoms with Crippen molar-refractivity contribution < 1.29 is 9.18 Å². The molecule has 0 bridgehead atoms. The number of hydrogen-bond acceptors (Lipinski definition) is 2. The van der Waals surface area contributed by atoms with Gasteiger partial charge in [-0.3, -0.25) is 4.79 Å². The maximum atomic E-state index is 13.3. The van der Waals surface area contributed by atoms with Gasteiger partial charge in [0.15, 0.2) is 0 Å². The van der Waals surface area contributed by atoms with Crippen LogP contribution >= 0.6 is 23.2 Å². The van der Waals surface area contributed by atoms with Crippen LogP contribution in [0.3, 0.4) is 0 Å². The molecular formula is C18H17Cl2FN2O.